The fourth-order valence-electron chi connectivity index (χ4n) is 3.75. The minimum Gasteiger partial charge on any atom is -0.494 e. The number of rotatable bonds is 5. The number of amides is 1. The second-order valence-electron chi connectivity index (χ2n) is 7.48. The van der Waals surface area contributed by atoms with Crippen LogP contribution in [0.1, 0.15) is 10.4 Å². The number of benzene rings is 2. The molecule has 0 bridgehead atoms. The number of nitrogens with zero attached hydrogens (tertiary/aromatic N) is 3. The van der Waals surface area contributed by atoms with Crippen molar-refractivity contribution in [3.05, 3.63) is 66.1 Å². The van der Waals surface area contributed by atoms with Gasteiger partial charge in [0.15, 0.2) is 11.1 Å². The van der Waals surface area contributed by atoms with Gasteiger partial charge < -0.3 is 18.8 Å². The summed E-state index contributed by atoms with van der Waals surface area (Å²) in [4.78, 5) is 23.8. The van der Waals surface area contributed by atoms with Crippen molar-refractivity contribution in [1.29, 1.82) is 0 Å². The van der Waals surface area contributed by atoms with Crippen molar-refractivity contribution in [2.24, 2.45) is 0 Å². The predicted molar refractivity (Wildman–Crippen MR) is 121 cm³/mol. The van der Waals surface area contributed by atoms with Crippen molar-refractivity contribution >= 4 is 28.8 Å². The van der Waals surface area contributed by atoms with E-state index in [1.807, 2.05) is 6.07 Å². The summed E-state index contributed by atoms with van der Waals surface area (Å²) in [7, 11) is 1.53. The third kappa shape index (κ3) is 4.22. The molecule has 2 aromatic heterocycles. The van der Waals surface area contributed by atoms with Crippen LogP contribution in [-0.4, -0.2) is 49.3 Å². The molecule has 0 radical (unpaired) electrons. The number of morpholine rings is 1. The minimum absolute atomic E-state index is 0.0348. The van der Waals surface area contributed by atoms with E-state index in [2.05, 4.69) is 20.2 Å². The van der Waals surface area contributed by atoms with Crippen LogP contribution < -0.4 is 15.0 Å². The van der Waals surface area contributed by atoms with Gasteiger partial charge in [-0.1, -0.05) is 12.1 Å². The first-order chi connectivity index (χ1) is 16.1. The number of carbonyl (C=O) groups is 1. The molecule has 0 unspecified atom stereocenters. The summed E-state index contributed by atoms with van der Waals surface area (Å²) in [6.07, 6.45) is 1.60. The number of nitrogens with one attached hydrogen (secondary N) is 1. The largest absolute Gasteiger partial charge is 0.494 e. The van der Waals surface area contributed by atoms with Crippen LogP contribution in [0.3, 0.4) is 0 Å². The van der Waals surface area contributed by atoms with Crippen molar-refractivity contribution in [2.45, 2.75) is 0 Å². The number of aromatic nitrogens is 2. The lowest BCUT2D eigenvalue weighted by Gasteiger charge is -2.27. The lowest BCUT2D eigenvalue weighted by molar-refractivity contribution is 0.102. The number of hydrogen-bond donors (Lipinski definition) is 1. The predicted octanol–water partition coefficient (Wildman–Crippen LogP) is 4.13. The average molecular weight is 448 g/mol. The summed E-state index contributed by atoms with van der Waals surface area (Å²) in [5, 5.41) is 2.71. The van der Waals surface area contributed by atoms with E-state index in [0.29, 0.717) is 47.0 Å². The molecule has 2 aromatic carbocycles. The molecule has 1 amide bonds. The molecule has 168 valence electrons. The topological polar surface area (TPSA) is 89.7 Å². The minimum atomic E-state index is -0.374. The number of ether oxygens (including phenoxy) is 2. The standard InChI is InChI=1S/C24H21FN4O4/c1-31-19-7-6-18(15-2-4-17(25)5-3-15)22-21(19)27-24(33-22)28-23(30)16-8-9-26-20(14-16)29-10-12-32-13-11-29/h2-9,14H,10-13H2,1H3,(H,27,28,30). The molecule has 0 aliphatic carbocycles. The first-order valence-corrected chi connectivity index (χ1v) is 10.5. The number of pyridine rings is 1. The zero-order chi connectivity index (χ0) is 22.8. The van der Waals surface area contributed by atoms with E-state index in [9.17, 15) is 9.18 Å². The highest BCUT2D eigenvalue weighted by molar-refractivity contribution is 6.04. The SMILES string of the molecule is COc1ccc(-c2ccc(F)cc2)c2oc(NC(=O)c3ccnc(N4CCOCC4)c3)nc12. The first-order valence-electron chi connectivity index (χ1n) is 10.5. The van der Waals surface area contributed by atoms with Gasteiger partial charge >= 0.3 is 6.01 Å². The van der Waals surface area contributed by atoms with Crippen LogP contribution in [-0.2, 0) is 4.74 Å². The highest BCUT2D eigenvalue weighted by atomic mass is 19.1. The Hall–Kier alpha value is -3.98. The zero-order valence-corrected chi connectivity index (χ0v) is 17.9. The second kappa shape index (κ2) is 8.87. The van der Waals surface area contributed by atoms with E-state index in [4.69, 9.17) is 13.9 Å². The molecule has 0 spiro atoms. The van der Waals surface area contributed by atoms with E-state index in [1.54, 1.807) is 36.5 Å². The van der Waals surface area contributed by atoms with E-state index in [1.165, 1.54) is 19.2 Å². The summed E-state index contributed by atoms with van der Waals surface area (Å²) >= 11 is 0. The van der Waals surface area contributed by atoms with Crippen LogP contribution in [0.2, 0.25) is 0 Å². The Kier molecular flexibility index (Phi) is 5.62. The van der Waals surface area contributed by atoms with Crippen molar-refractivity contribution in [2.75, 3.05) is 43.6 Å². The van der Waals surface area contributed by atoms with E-state index < -0.39 is 0 Å². The Morgan fingerprint density at radius 1 is 1.12 bits per heavy atom. The van der Waals surface area contributed by atoms with Gasteiger partial charge in [0.2, 0.25) is 0 Å². The second-order valence-corrected chi connectivity index (χ2v) is 7.48. The van der Waals surface area contributed by atoms with Crippen molar-refractivity contribution in [3.63, 3.8) is 0 Å². The highest BCUT2D eigenvalue weighted by Crippen LogP contribution is 2.36. The zero-order valence-electron chi connectivity index (χ0n) is 17.9. The third-order valence-electron chi connectivity index (χ3n) is 5.44. The van der Waals surface area contributed by atoms with Crippen LogP contribution in [0.25, 0.3) is 22.2 Å². The number of carbonyl (C=O) groups excluding carboxylic acids is 1. The van der Waals surface area contributed by atoms with Gasteiger partial charge in [-0.25, -0.2) is 9.37 Å². The van der Waals surface area contributed by atoms with Gasteiger partial charge in [0.25, 0.3) is 5.91 Å². The molecule has 8 nitrogen and oxygen atoms in total. The van der Waals surface area contributed by atoms with Gasteiger partial charge in [-0.3, -0.25) is 10.1 Å². The molecule has 5 rings (SSSR count). The van der Waals surface area contributed by atoms with Crippen molar-refractivity contribution < 1.29 is 23.1 Å². The summed E-state index contributed by atoms with van der Waals surface area (Å²) < 4.78 is 30.1. The van der Waals surface area contributed by atoms with Gasteiger partial charge in [0.1, 0.15) is 17.4 Å². The molecule has 0 saturated carbocycles. The molecule has 1 aliphatic rings. The Bertz CT molecular complexity index is 1300. The van der Waals surface area contributed by atoms with E-state index >= 15 is 0 Å². The lowest BCUT2D eigenvalue weighted by atomic mass is 10.0. The molecule has 1 N–H and O–H groups in total. The number of anilines is 2. The van der Waals surface area contributed by atoms with Crippen LogP contribution in [0, 0.1) is 5.82 Å². The maximum atomic E-state index is 13.4. The van der Waals surface area contributed by atoms with Crippen molar-refractivity contribution in [3.8, 4) is 16.9 Å². The molecule has 9 heteroatoms. The van der Waals surface area contributed by atoms with Crippen LogP contribution in [0.4, 0.5) is 16.2 Å². The smallest absolute Gasteiger partial charge is 0.302 e. The molecular weight excluding hydrogens is 427 g/mol. The first kappa shape index (κ1) is 20.9. The fourth-order valence-corrected chi connectivity index (χ4v) is 3.75. The van der Waals surface area contributed by atoms with Gasteiger partial charge in [-0.15, -0.1) is 0 Å². The molecule has 3 heterocycles. The molecule has 1 aliphatic heterocycles. The average Bonchev–Trinajstić information content (AvgIpc) is 3.28. The molecule has 0 atom stereocenters. The number of hydrogen-bond acceptors (Lipinski definition) is 7. The Morgan fingerprint density at radius 3 is 2.67 bits per heavy atom. The monoisotopic (exact) mass is 448 g/mol. The van der Waals surface area contributed by atoms with Gasteiger partial charge in [-0.05, 0) is 42.0 Å². The highest BCUT2D eigenvalue weighted by Gasteiger charge is 2.19. The Labute approximate surface area is 189 Å². The number of methoxy groups -OCH3 is 1. The molecule has 1 fully saturated rings. The lowest BCUT2D eigenvalue weighted by Crippen LogP contribution is -2.36. The van der Waals surface area contributed by atoms with Gasteiger partial charge in [0.05, 0.1) is 20.3 Å². The van der Waals surface area contributed by atoms with Crippen LogP contribution in [0.5, 0.6) is 5.75 Å². The molecule has 33 heavy (non-hydrogen) atoms. The van der Waals surface area contributed by atoms with Gasteiger partial charge in [-0.2, -0.15) is 4.98 Å². The number of oxazole rings is 1. The Balaban J connectivity index is 1.45. The van der Waals surface area contributed by atoms with E-state index in [-0.39, 0.29) is 17.7 Å². The number of halogens is 1. The quantitative estimate of drug-likeness (QED) is 0.491. The van der Waals surface area contributed by atoms with Crippen LogP contribution in [0.15, 0.2) is 59.1 Å². The van der Waals surface area contributed by atoms with Crippen LogP contribution >= 0.6 is 0 Å². The third-order valence-corrected chi connectivity index (χ3v) is 5.44. The summed E-state index contributed by atoms with van der Waals surface area (Å²) in [5.41, 5.74) is 2.78. The molecule has 4 aromatic rings. The molecule has 1 saturated heterocycles. The number of fused-ring (bicyclic) bond motifs is 1. The van der Waals surface area contributed by atoms with Crippen molar-refractivity contribution in [1.82, 2.24) is 9.97 Å². The van der Waals surface area contributed by atoms with E-state index in [0.717, 1.165) is 18.7 Å². The summed E-state index contributed by atoms with van der Waals surface area (Å²) in [5.74, 6) is 0.506. The maximum absolute atomic E-state index is 13.4. The maximum Gasteiger partial charge on any atom is 0.302 e. The molecular formula is C24H21FN4O4. The normalized spacial score (nSPS) is 13.8. The summed E-state index contributed by atoms with van der Waals surface area (Å²) in [6.45, 7) is 2.68. The Morgan fingerprint density at radius 2 is 1.91 bits per heavy atom. The summed E-state index contributed by atoms with van der Waals surface area (Å²) in [6, 6.07) is 13.0. The fraction of sp³-hybridized carbons (Fsp3) is 0.208. The van der Waals surface area contributed by atoms with Gasteiger partial charge in [0, 0.05) is 30.4 Å².